The summed E-state index contributed by atoms with van der Waals surface area (Å²) in [4.78, 5) is 26.8. The quantitative estimate of drug-likeness (QED) is 0.793. The van der Waals surface area contributed by atoms with Gasteiger partial charge in [0.25, 0.3) is 0 Å². The van der Waals surface area contributed by atoms with E-state index in [1.165, 1.54) is 13.5 Å². The van der Waals surface area contributed by atoms with Crippen molar-refractivity contribution < 1.29 is 14.3 Å². The first-order chi connectivity index (χ1) is 11.6. The van der Waals surface area contributed by atoms with Gasteiger partial charge in [-0.1, -0.05) is 12.8 Å². The van der Waals surface area contributed by atoms with Gasteiger partial charge in [0.1, 0.15) is 11.6 Å². The number of ether oxygens (including phenoxy) is 1. The summed E-state index contributed by atoms with van der Waals surface area (Å²) < 4.78 is 4.96. The number of nitriles is 1. The van der Waals surface area contributed by atoms with Crippen molar-refractivity contribution in [2.24, 2.45) is 5.92 Å². The molecule has 0 unspecified atom stereocenters. The maximum absolute atomic E-state index is 12.6. The largest absolute Gasteiger partial charge is 0.468 e. The average molecular weight is 333 g/mol. The van der Waals surface area contributed by atoms with E-state index in [-0.39, 0.29) is 30.5 Å². The Hall–Kier alpha value is -1.61. The first-order valence-corrected chi connectivity index (χ1v) is 9.14. The number of hydrogen-bond donors (Lipinski definition) is 1. The Morgan fingerprint density at radius 3 is 2.62 bits per heavy atom. The van der Waals surface area contributed by atoms with Gasteiger partial charge in [0.15, 0.2) is 0 Å². The lowest BCUT2D eigenvalue weighted by Gasteiger charge is -2.33. The summed E-state index contributed by atoms with van der Waals surface area (Å²) in [5, 5.41) is 12.4. The summed E-state index contributed by atoms with van der Waals surface area (Å²) in [5.41, 5.74) is -0.705. The predicted molar refractivity (Wildman–Crippen MR) is 87.8 cm³/mol. The molecule has 0 spiro atoms. The van der Waals surface area contributed by atoms with E-state index in [1.807, 2.05) is 4.90 Å². The van der Waals surface area contributed by atoms with Gasteiger partial charge in [-0.3, -0.25) is 14.5 Å². The molecule has 24 heavy (non-hydrogen) atoms. The van der Waals surface area contributed by atoms with Gasteiger partial charge in [-0.2, -0.15) is 5.26 Å². The van der Waals surface area contributed by atoms with Crippen molar-refractivity contribution in [2.75, 3.05) is 13.7 Å². The van der Waals surface area contributed by atoms with E-state index in [9.17, 15) is 14.9 Å². The topological polar surface area (TPSA) is 82.4 Å². The number of esters is 1. The van der Waals surface area contributed by atoms with E-state index in [0.29, 0.717) is 5.92 Å². The molecule has 6 heteroatoms. The van der Waals surface area contributed by atoms with Crippen LogP contribution in [0.5, 0.6) is 0 Å². The Morgan fingerprint density at radius 1 is 1.25 bits per heavy atom. The minimum atomic E-state index is -0.705. The van der Waals surface area contributed by atoms with Crippen molar-refractivity contribution in [3.63, 3.8) is 0 Å². The lowest BCUT2D eigenvalue weighted by molar-refractivity contribution is -0.146. The lowest BCUT2D eigenvalue weighted by atomic mass is 9.85. The molecule has 0 aromatic heterocycles. The highest BCUT2D eigenvalue weighted by Gasteiger charge is 2.46. The van der Waals surface area contributed by atoms with Gasteiger partial charge >= 0.3 is 5.97 Å². The number of carbonyl (C=O) groups excluding carboxylic acids is 2. The number of fused-ring (bicyclic) bond motifs is 1. The number of hydrogen-bond acceptors (Lipinski definition) is 5. The van der Waals surface area contributed by atoms with Crippen LogP contribution in [-0.2, 0) is 14.3 Å². The molecule has 0 radical (unpaired) electrons. The maximum Gasteiger partial charge on any atom is 0.323 e. The fraction of sp³-hybridized carbons (Fsp3) is 0.833. The Bertz CT molecular complexity index is 536. The summed E-state index contributed by atoms with van der Waals surface area (Å²) in [6, 6.07) is 2.26. The highest BCUT2D eigenvalue weighted by atomic mass is 16.5. The van der Waals surface area contributed by atoms with Crippen molar-refractivity contribution in [1.82, 2.24) is 10.2 Å². The molecule has 3 fully saturated rings. The van der Waals surface area contributed by atoms with Gasteiger partial charge in [0.05, 0.1) is 19.7 Å². The molecule has 2 saturated carbocycles. The predicted octanol–water partition coefficient (Wildman–Crippen LogP) is 1.75. The third-order valence-electron chi connectivity index (χ3n) is 6.07. The van der Waals surface area contributed by atoms with Gasteiger partial charge in [-0.05, 0) is 50.9 Å². The second-order valence-electron chi connectivity index (χ2n) is 7.51. The molecular formula is C18H27N3O3. The molecule has 2 aliphatic carbocycles. The van der Waals surface area contributed by atoms with Crippen LogP contribution >= 0.6 is 0 Å². The number of likely N-dealkylation sites (tertiary alicyclic amines) is 1. The minimum absolute atomic E-state index is 0.140. The van der Waals surface area contributed by atoms with Crippen LogP contribution < -0.4 is 5.32 Å². The Balaban J connectivity index is 1.69. The summed E-state index contributed by atoms with van der Waals surface area (Å²) in [7, 11) is 1.41. The van der Waals surface area contributed by atoms with Crippen molar-refractivity contribution in [3.05, 3.63) is 0 Å². The normalized spacial score (nSPS) is 31.9. The highest BCUT2D eigenvalue weighted by Crippen LogP contribution is 2.40. The molecule has 3 atom stereocenters. The number of carbonyl (C=O) groups is 2. The molecule has 1 heterocycles. The van der Waals surface area contributed by atoms with Gasteiger partial charge < -0.3 is 10.1 Å². The number of methoxy groups -OCH3 is 1. The van der Waals surface area contributed by atoms with Crippen LogP contribution in [0, 0.1) is 17.2 Å². The third kappa shape index (κ3) is 3.27. The van der Waals surface area contributed by atoms with Crippen molar-refractivity contribution >= 4 is 11.9 Å². The Kier molecular flexibility index (Phi) is 5.09. The molecule has 6 nitrogen and oxygen atoms in total. The summed E-state index contributed by atoms with van der Waals surface area (Å²) in [5.74, 6) is 0.0960. The summed E-state index contributed by atoms with van der Waals surface area (Å²) in [6.45, 7) is 0.185. The first kappa shape index (κ1) is 17.2. The highest BCUT2D eigenvalue weighted by molar-refractivity contribution is 5.82. The third-order valence-corrected chi connectivity index (χ3v) is 6.07. The fourth-order valence-corrected chi connectivity index (χ4v) is 4.86. The zero-order chi connectivity index (χ0) is 17.2. The van der Waals surface area contributed by atoms with Gasteiger partial charge in [0.2, 0.25) is 5.91 Å². The second-order valence-corrected chi connectivity index (χ2v) is 7.51. The van der Waals surface area contributed by atoms with Gasteiger partial charge in [0, 0.05) is 6.04 Å². The smallest absolute Gasteiger partial charge is 0.323 e. The molecular weight excluding hydrogens is 306 g/mol. The molecule has 0 bridgehead atoms. The monoisotopic (exact) mass is 333 g/mol. The molecule has 1 amide bonds. The lowest BCUT2D eigenvalue weighted by Crippen LogP contribution is -2.52. The van der Waals surface area contributed by atoms with Crippen LogP contribution in [0.15, 0.2) is 0 Å². The van der Waals surface area contributed by atoms with Crippen LogP contribution in [0.2, 0.25) is 0 Å². The molecule has 3 aliphatic rings. The van der Waals surface area contributed by atoms with Crippen LogP contribution in [-0.4, -0.2) is 48.1 Å². The first-order valence-electron chi connectivity index (χ1n) is 9.14. The van der Waals surface area contributed by atoms with Crippen LogP contribution in [0.1, 0.15) is 57.8 Å². The Labute approximate surface area is 143 Å². The van der Waals surface area contributed by atoms with Crippen LogP contribution in [0.25, 0.3) is 0 Å². The molecule has 132 valence electrons. The molecule has 1 N–H and O–H groups in total. The Morgan fingerprint density at radius 2 is 1.96 bits per heavy atom. The van der Waals surface area contributed by atoms with E-state index in [1.54, 1.807) is 0 Å². The van der Waals surface area contributed by atoms with Crippen molar-refractivity contribution in [2.45, 2.75) is 75.4 Å². The van der Waals surface area contributed by atoms with Crippen LogP contribution in [0.4, 0.5) is 0 Å². The standard InChI is InChI=1S/C18H27N3O3/c1-24-17(23)15-10-13-6-2-3-7-14(13)21(15)11-16(22)20-18(12-19)8-4-5-9-18/h13-15H,2-11H2,1H3,(H,20,22)/t13-,14-,15+/m1/s1. The van der Waals surface area contributed by atoms with Crippen molar-refractivity contribution in [1.29, 1.82) is 5.26 Å². The SMILES string of the molecule is COC(=O)[C@@H]1C[C@H]2CCCC[C@H]2N1CC(=O)NC1(C#N)CCCC1. The van der Waals surface area contributed by atoms with Crippen molar-refractivity contribution in [3.8, 4) is 6.07 Å². The molecule has 1 saturated heterocycles. The summed E-state index contributed by atoms with van der Waals surface area (Å²) >= 11 is 0. The average Bonchev–Trinajstić information content (AvgIpc) is 3.20. The number of nitrogens with one attached hydrogen (secondary N) is 1. The number of rotatable bonds is 4. The molecule has 3 rings (SSSR count). The van der Waals surface area contributed by atoms with Gasteiger partial charge in [-0.15, -0.1) is 0 Å². The zero-order valence-electron chi connectivity index (χ0n) is 14.4. The number of amides is 1. The summed E-state index contributed by atoms with van der Waals surface area (Å²) in [6.07, 6.45) is 8.70. The van der Waals surface area contributed by atoms with E-state index in [4.69, 9.17) is 4.74 Å². The van der Waals surface area contributed by atoms with Crippen LogP contribution in [0.3, 0.4) is 0 Å². The maximum atomic E-state index is 12.6. The molecule has 1 aliphatic heterocycles. The number of nitrogens with zero attached hydrogens (tertiary/aromatic N) is 2. The van der Waals surface area contributed by atoms with E-state index < -0.39 is 5.54 Å². The van der Waals surface area contributed by atoms with E-state index in [0.717, 1.165) is 51.4 Å². The van der Waals surface area contributed by atoms with Gasteiger partial charge in [-0.25, -0.2) is 0 Å². The molecule has 0 aromatic rings. The minimum Gasteiger partial charge on any atom is -0.468 e. The fourth-order valence-electron chi connectivity index (χ4n) is 4.86. The molecule has 0 aromatic carbocycles. The zero-order valence-corrected chi connectivity index (χ0v) is 14.4. The van der Waals surface area contributed by atoms with E-state index in [2.05, 4.69) is 11.4 Å². The van der Waals surface area contributed by atoms with E-state index >= 15 is 0 Å². The second kappa shape index (κ2) is 7.10.